The second-order valence-corrected chi connectivity index (χ2v) is 10.3. The van der Waals surface area contributed by atoms with Gasteiger partial charge in [-0.05, 0) is 36.4 Å². The Labute approximate surface area is 219 Å². The van der Waals surface area contributed by atoms with Crippen molar-refractivity contribution in [3.63, 3.8) is 0 Å². The second kappa shape index (κ2) is 9.81. The van der Waals surface area contributed by atoms with E-state index in [2.05, 4.69) is 39.4 Å². The minimum absolute atomic E-state index is 0.176. The van der Waals surface area contributed by atoms with Crippen LogP contribution in [0, 0.1) is 0 Å². The van der Waals surface area contributed by atoms with E-state index in [1.807, 2.05) is 31.3 Å². The zero-order valence-corrected chi connectivity index (χ0v) is 22.0. The molecule has 0 bridgehead atoms. The number of carboxylic acids is 1. The molecule has 0 saturated carbocycles. The van der Waals surface area contributed by atoms with Gasteiger partial charge in [0.05, 0.1) is 15.6 Å². The van der Waals surface area contributed by atoms with Crippen molar-refractivity contribution in [3.05, 3.63) is 69.4 Å². The lowest BCUT2D eigenvalue weighted by Crippen LogP contribution is -2.46. The van der Waals surface area contributed by atoms with Gasteiger partial charge in [-0.3, -0.25) is 4.90 Å². The number of carboxylic acid groups (broad SMARTS) is 1. The smallest absolute Gasteiger partial charge is 0.335 e. The van der Waals surface area contributed by atoms with Gasteiger partial charge in [0.25, 0.3) is 0 Å². The van der Waals surface area contributed by atoms with Gasteiger partial charge in [-0.1, -0.05) is 48.3 Å². The predicted octanol–water partition coefficient (Wildman–Crippen LogP) is 6.28. The van der Waals surface area contributed by atoms with Gasteiger partial charge in [0, 0.05) is 67.7 Å². The Morgan fingerprint density at radius 3 is 2.42 bits per heavy atom. The summed E-state index contributed by atoms with van der Waals surface area (Å²) in [4.78, 5) is 16.1. The number of halogens is 2. The maximum absolute atomic E-state index is 11.4. The molecule has 1 N–H and O–H groups in total. The molecule has 1 aliphatic heterocycles. The monoisotopic (exact) mass is 526 g/mol. The first-order chi connectivity index (χ1) is 17.2. The van der Waals surface area contributed by atoms with Gasteiger partial charge >= 0.3 is 5.97 Å². The van der Waals surface area contributed by atoms with Crippen LogP contribution in [0.3, 0.4) is 0 Å². The number of anilines is 1. The molecule has 4 aromatic rings. The number of aromatic nitrogens is 2. The van der Waals surface area contributed by atoms with Crippen molar-refractivity contribution in [2.45, 2.75) is 26.3 Å². The maximum Gasteiger partial charge on any atom is 0.335 e. The molecule has 0 amide bonds. The minimum atomic E-state index is -0.914. The summed E-state index contributed by atoms with van der Waals surface area (Å²) in [5, 5.41) is 15.8. The van der Waals surface area contributed by atoms with Crippen LogP contribution in [0.4, 0.5) is 5.82 Å². The summed E-state index contributed by atoms with van der Waals surface area (Å²) < 4.78 is 7.91. The number of nitrogens with zero attached hydrogens (tertiary/aromatic N) is 4. The quantitative estimate of drug-likeness (QED) is 0.318. The fourth-order valence-corrected chi connectivity index (χ4v) is 5.56. The summed E-state index contributed by atoms with van der Waals surface area (Å²) in [6.07, 6.45) is 0. The number of piperazine rings is 1. The van der Waals surface area contributed by atoms with E-state index in [1.54, 1.807) is 12.1 Å². The van der Waals surface area contributed by atoms with Crippen LogP contribution in [0.5, 0.6) is 0 Å². The van der Waals surface area contributed by atoms with E-state index in [1.165, 1.54) is 0 Å². The second-order valence-electron chi connectivity index (χ2n) is 9.53. The third-order valence-corrected chi connectivity index (χ3v) is 7.51. The van der Waals surface area contributed by atoms with E-state index in [0.29, 0.717) is 33.4 Å². The van der Waals surface area contributed by atoms with Crippen molar-refractivity contribution in [3.8, 4) is 11.3 Å². The first-order valence-electron chi connectivity index (χ1n) is 12.0. The first kappa shape index (κ1) is 24.7. The highest BCUT2D eigenvalue weighted by Crippen LogP contribution is 2.39. The fourth-order valence-electron chi connectivity index (χ4n) is 4.98. The highest BCUT2D eigenvalue weighted by Gasteiger charge is 2.27. The molecular weight excluding hydrogens is 499 g/mol. The van der Waals surface area contributed by atoms with Gasteiger partial charge in [0.1, 0.15) is 17.3 Å². The van der Waals surface area contributed by atoms with Gasteiger partial charge in [-0.15, -0.1) is 0 Å². The lowest BCUT2D eigenvalue weighted by Gasteiger charge is -2.36. The van der Waals surface area contributed by atoms with Crippen LogP contribution in [0.1, 0.15) is 41.4 Å². The Morgan fingerprint density at radius 1 is 1.08 bits per heavy atom. The van der Waals surface area contributed by atoms with Crippen LogP contribution in [-0.4, -0.2) is 51.9 Å². The molecule has 188 valence electrons. The summed E-state index contributed by atoms with van der Waals surface area (Å²) in [5.74, 6) is 1.20. The maximum atomic E-state index is 11.4. The number of aryl methyl sites for hydroxylation is 1. The van der Waals surface area contributed by atoms with E-state index in [0.717, 1.165) is 54.2 Å². The SMILES string of the molecule is CC(C)c1onc(-c2c(Cl)cccc2Cl)c1CN1CCN(c2cc3cc(C(=O)O)ccc3n2C)CC1. The molecule has 1 aliphatic rings. The molecule has 1 saturated heterocycles. The largest absolute Gasteiger partial charge is 0.478 e. The summed E-state index contributed by atoms with van der Waals surface area (Å²) in [7, 11) is 2.02. The molecule has 5 rings (SSSR count). The Hall–Kier alpha value is -3.00. The van der Waals surface area contributed by atoms with Crippen LogP contribution in [-0.2, 0) is 13.6 Å². The average Bonchev–Trinajstić information content (AvgIpc) is 3.40. The van der Waals surface area contributed by atoms with E-state index in [-0.39, 0.29) is 5.92 Å². The number of carbonyl (C=O) groups is 1. The van der Waals surface area contributed by atoms with Crippen LogP contribution in [0.2, 0.25) is 10.0 Å². The van der Waals surface area contributed by atoms with E-state index < -0.39 is 5.97 Å². The lowest BCUT2D eigenvalue weighted by atomic mass is 10.00. The standard InChI is InChI=1S/C27H28Cl2N4O3/c1-16(2)26-19(25(30-36-26)24-20(28)5-4-6-21(24)29)15-32-9-11-33(12-10-32)23-14-18-13-17(27(34)35)7-8-22(18)31(23)3/h4-8,13-14,16H,9-12,15H2,1-3H3,(H,34,35). The Kier molecular flexibility index (Phi) is 6.72. The molecule has 2 aromatic heterocycles. The Morgan fingerprint density at radius 2 is 1.78 bits per heavy atom. The fraction of sp³-hybridized carbons (Fsp3) is 0.333. The molecule has 0 unspecified atom stereocenters. The van der Waals surface area contributed by atoms with Gasteiger partial charge < -0.3 is 19.1 Å². The summed E-state index contributed by atoms with van der Waals surface area (Å²) in [6, 6.07) is 12.8. The summed E-state index contributed by atoms with van der Waals surface area (Å²) in [5.41, 5.74) is 3.76. The molecule has 0 atom stereocenters. The molecule has 0 radical (unpaired) electrons. The molecular formula is C27H28Cl2N4O3. The Balaban J connectivity index is 1.37. The van der Waals surface area contributed by atoms with Crippen molar-refractivity contribution in [2.24, 2.45) is 7.05 Å². The van der Waals surface area contributed by atoms with Crippen molar-refractivity contribution in [2.75, 3.05) is 31.1 Å². The Bertz CT molecular complexity index is 1410. The molecule has 0 spiro atoms. The van der Waals surface area contributed by atoms with E-state index >= 15 is 0 Å². The zero-order valence-electron chi connectivity index (χ0n) is 20.5. The van der Waals surface area contributed by atoms with Crippen LogP contribution in [0.25, 0.3) is 22.2 Å². The highest BCUT2D eigenvalue weighted by molar-refractivity contribution is 6.39. The molecule has 0 aliphatic carbocycles. The van der Waals surface area contributed by atoms with E-state index in [9.17, 15) is 9.90 Å². The van der Waals surface area contributed by atoms with Gasteiger partial charge in [0.2, 0.25) is 0 Å². The molecule has 9 heteroatoms. The zero-order chi connectivity index (χ0) is 25.6. The molecule has 1 fully saturated rings. The minimum Gasteiger partial charge on any atom is -0.478 e. The highest BCUT2D eigenvalue weighted by atomic mass is 35.5. The number of rotatable bonds is 6. The normalized spacial score (nSPS) is 14.8. The molecule has 2 aromatic carbocycles. The van der Waals surface area contributed by atoms with Crippen LogP contribution < -0.4 is 4.90 Å². The van der Waals surface area contributed by atoms with Crippen molar-refractivity contribution in [1.82, 2.24) is 14.6 Å². The van der Waals surface area contributed by atoms with Crippen molar-refractivity contribution >= 4 is 45.9 Å². The average molecular weight is 527 g/mol. The van der Waals surface area contributed by atoms with Gasteiger partial charge in [0.15, 0.2) is 0 Å². The first-order valence-corrected chi connectivity index (χ1v) is 12.7. The van der Waals surface area contributed by atoms with E-state index in [4.69, 9.17) is 27.7 Å². The lowest BCUT2D eigenvalue weighted by molar-refractivity contribution is 0.0697. The summed E-state index contributed by atoms with van der Waals surface area (Å²) in [6.45, 7) is 8.30. The number of fused-ring (bicyclic) bond motifs is 1. The number of benzene rings is 2. The third kappa shape index (κ3) is 4.47. The number of hydrogen-bond acceptors (Lipinski definition) is 5. The van der Waals surface area contributed by atoms with Crippen molar-refractivity contribution < 1.29 is 14.4 Å². The van der Waals surface area contributed by atoms with Crippen LogP contribution in [0.15, 0.2) is 47.0 Å². The molecule has 3 heterocycles. The summed E-state index contributed by atoms with van der Waals surface area (Å²) >= 11 is 13.0. The molecule has 36 heavy (non-hydrogen) atoms. The topological polar surface area (TPSA) is 74.7 Å². The van der Waals surface area contributed by atoms with Gasteiger partial charge in [-0.2, -0.15) is 0 Å². The number of hydrogen-bond donors (Lipinski definition) is 1. The van der Waals surface area contributed by atoms with Gasteiger partial charge in [-0.25, -0.2) is 4.79 Å². The predicted molar refractivity (Wildman–Crippen MR) is 143 cm³/mol. The van der Waals surface area contributed by atoms with Crippen molar-refractivity contribution in [1.29, 1.82) is 0 Å². The third-order valence-electron chi connectivity index (χ3n) is 6.88. The van der Waals surface area contributed by atoms with Crippen LogP contribution >= 0.6 is 23.2 Å². The molecule has 7 nitrogen and oxygen atoms in total. The number of aromatic carboxylic acids is 1.